The van der Waals surface area contributed by atoms with Gasteiger partial charge in [0.25, 0.3) is 0 Å². The van der Waals surface area contributed by atoms with Gasteiger partial charge < -0.3 is 0 Å². The lowest BCUT2D eigenvalue weighted by atomic mass is 9.99. The Kier molecular flexibility index (Phi) is 3.88. The molecular formula is C24H15BrS. The first-order chi connectivity index (χ1) is 12.8. The second-order valence-corrected chi connectivity index (χ2v) is 8.34. The minimum atomic E-state index is 1.11. The predicted octanol–water partition coefficient (Wildman–Crippen LogP) is 8.15. The second-order valence-electron chi connectivity index (χ2n) is 6.37. The highest BCUT2D eigenvalue weighted by Crippen LogP contribution is 2.40. The van der Waals surface area contributed by atoms with Crippen molar-refractivity contribution in [3.05, 3.63) is 95.5 Å². The Morgan fingerprint density at radius 3 is 2.15 bits per heavy atom. The van der Waals surface area contributed by atoms with Crippen molar-refractivity contribution in [3.63, 3.8) is 0 Å². The van der Waals surface area contributed by atoms with Crippen LogP contribution < -0.4 is 0 Å². The van der Waals surface area contributed by atoms with E-state index in [1.165, 1.54) is 42.4 Å². The van der Waals surface area contributed by atoms with Crippen LogP contribution in [-0.2, 0) is 0 Å². The molecule has 5 rings (SSSR count). The molecule has 0 bridgehead atoms. The lowest BCUT2D eigenvalue weighted by Gasteiger charge is -2.07. The summed E-state index contributed by atoms with van der Waals surface area (Å²) in [5.74, 6) is 0. The Morgan fingerprint density at radius 2 is 1.31 bits per heavy atom. The van der Waals surface area contributed by atoms with E-state index in [1.807, 2.05) is 11.3 Å². The molecular weight excluding hydrogens is 400 g/mol. The number of halogens is 1. The fraction of sp³-hybridized carbons (Fsp3) is 0. The zero-order valence-corrected chi connectivity index (χ0v) is 16.3. The van der Waals surface area contributed by atoms with Gasteiger partial charge in [-0.15, -0.1) is 11.3 Å². The molecule has 0 radical (unpaired) electrons. The maximum atomic E-state index is 3.56. The Morgan fingerprint density at radius 1 is 0.577 bits per heavy atom. The van der Waals surface area contributed by atoms with E-state index in [1.54, 1.807) is 0 Å². The van der Waals surface area contributed by atoms with Gasteiger partial charge in [-0.1, -0.05) is 88.7 Å². The number of fused-ring (bicyclic) bond motifs is 3. The monoisotopic (exact) mass is 414 g/mol. The Labute approximate surface area is 164 Å². The highest BCUT2D eigenvalue weighted by Gasteiger charge is 2.10. The van der Waals surface area contributed by atoms with Crippen LogP contribution in [0.4, 0.5) is 0 Å². The molecule has 0 aliphatic rings. The maximum absolute atomic E-state index is 3.56. The molecule has 4 aromatic carbocycles. The third kappa shape index (κ3) is 2.66. The number of thiophene rings is 1. The van der Waals surface area contributed by atoms with E-state index in [2.05, 4.69) is 107 Å². The standard InChI is InChI=1S/C24H15BrS/c25-19-6-3-5-18(15-19)16-11-13-17(14-12-16)20-8-4-9-22-21-7-1-2-10-23(21)26-24(20)22/h1-15H. The molecule has 0 aliphatic heterocycles. The molecule has 0 atom stereocenters. The molecule has 0 N–H and O–H groups in total. The fourth-order valence-corrected chi connectivity index (χ4v) is 5.12. The lowest BCUT2D eigenvalue weighted by molar-refractivity contribution is 1.59. The van der Waals surface area contributed by atoms with E-state index in [-0.39, 0.29) is 0 Å². The van der Waals surface area contributed by atoms with Crippen LogP contribution in [0.5, 0.6) is 0 Å². The van der Waals surface area contributed by atoms with E-state index in [9.17, 15) is 0 Å². The molecule has 1 aromatic heterocycles. The average Bonchev–Trinajstić information content (AvgIpc) is 3.07. The van der Waals surface area contributed by atoms with Gasteiger partial charge in [0.2, 0.25) is 0 Å². The van der Waals surface area contributed by atoms with Crippen LogP contribution in [0, 0.1) is 0 Å². The van der Waals surface area contributed by atoms with Crippen LogP contribution in [0.1, 0.15) is 0 Å². The molecule has 1 heterocycles. The molecule has 124 valence electrons. The van der Waals surface area contributed by atoms with Gasteiger partial charge >= 0.3 is 0 Å². The van der Waals surface area contributed by atoms with Gasteiger partial charge in [-0.25, -0.2) is 0 Å². The lowest BCUT2D eigenvalue weighted by Crippen LogP contribution is -1.81. The molecule has 2 heteroatoms. The Bertz CT molecular complexity index is 1230. The summed E-state index contributed by atoms with van der Waals surface area (Å²) in [5, 5.41) is 2.69. The molecule has 0 spiro atoms. The van der Waals surface area contributed by atoms with Crippen LogP contribution in [-0.4, -0.2) is 0 Å². The third-order valence-electron chi connectivity index (χ3n) is 4.76. The third-order valence-corrected chi connectivity index (χ3v) is 6.47. The first-order valence-electron chi connectivity index (χ1n) is 8.56. The minimum Gasteiger partial charge on any atom is -0.135 e. The maximum Gasteiger partial charge on any atom is 0.0433 e. The van der Waals surface area contributed by atoms with Crippen LogP contribution >= 0.6 is 27.3 Å². The quantitative estimate of drug-likeness (QED) is 0.273. The van der Waals surface area contributed by atoms with Crippen molar-refractivity contribution >= 4 is 47.4 Å². The second kappa shape index (κ2) is 6.39. The molecule has 0 unspecified atom stereocenters. The van der Waals surface area contributed by atoms with Gasteiger partial charge in [-0.05, 0) is 40.5 Å². The van der Waals surface area contributed by atoms with Gasteiger partial charge in [0, 0.05) is 24.6 Å². The molecule has 0 fully saturated rings. The van der Waals surface area contributed by atoms with Gasteiger partial charge in [-0.2, -0.15) is 0 Å². The topological polar surface area (TPSA) is 0 Å². The van der Waals surface area contributed by atoms with Gasteiger partial charge in [0.15, 0.2) is 0 Å². The van der Waals surface area contributed by atoms with Crippen molar-refractivity contribution in [1.82, 2.24) is 0 Å². The molecule has 5 aromatic rings. The van der Waals surface area contributed by atoms with Gasteiger partial charge in [-0.3, -0.25) is 0 Å². The normalized spacial score (nSPS) is 11.3. The van der Waals surface area contributed by atoms with Crippen molar-refractivity contribution in [3.8, 4) is 22.3 Å². The molecule has 0 aliphatic carbocycles. The first kappa shape index (κ1) is 15.8. The van der Waals surface area contributed by atoms with Crippen molar-refractivity contribution in [2.45, 2.75) is 0 Å². The first-order valence-corrected chi connectivity index (χ1v) is 10.2. The number of hydrogen-bond donors (Lipinski definition) is 0. The summed E-state index contributed by atoms with van der Waals surface area (Å²) in [6, 6.07) is 32.6. The molecule has 26 heavy (non-hydrogen) atoms. The molecule has 0 saturated heterocycles. The van der Waals surface area contributed by atoms with Crippen LogP contribution in [0.25, 0.3) is 42.4 Å². The zero-order chi connectivity index (χ0) is 17.5. The summed E-state index contributed by atoms with van der Waals surface area (Å²) in [6.07, 6.45) is 0. The van der Waals surface area contributed by atoms with E-state index in [0.29, 0.717) is 0 Å². The van der Waals surface area contributed by atoms with E-state index in [4.69, 9.17) is 0 Å². The summed E-state index contributed by atoms with van der Waals surface area (Å²) in [6.45, 7) is 0. The molecule has 0 nitrogen and oxygen atoms in total. The highest BCUT2D eigenvalue weighted by molar-refractivity contribution is 9.10. The Hall–Kier alpha value is -2.42. The van der Waals surface area contributed by atoms with E-state index < -0.39 is 0 Å². The number of rotatable bonds is 2. The smallest absolute Gasteiger partial charge is 0.0433 e. The zero-order valence-electron chi connectivity index (χ0n) is 13.9. The highest BCUT2D eigenvalue weighted by atomic mass is 79.9. The predicted molar refractivity (Wildman–Crippen MR) is 118 cm³/mol. The van der Waals surface area contributed by atoms with Crippen molar-refractivity contribution in [1.29, 1.82) is 0 Å². The van der Waals surface area contributed by atoms with Crippen LogP contribution in [0.3, 0.4) is 0 Å². The SMILES string of the molecule is Brc1cccc(-c2ccc(-c3cccc4c3sc3ccccc34)cc2)c1. The van der Waals surface area contributed by atoms with Crippen LogP contribution in [0.15, 0.2) is 95.5 Å². The van der Waals surface area contributed by atoms with Crippen LogP contribution in [0.2, 0.25) is 0 Å². The summed E-state index contributed by atoms with van der Waals surface area (Å²) >= 11 is 5.44. The van der Waals surface area contributed by atoms with Crippen molar-refractivity contribution in [2.75, 3.05) is 0 Å². The largest absolute Gasteiger partial charge is 0.135 e. The number of benzene rings is 4. The van der Waals surface area contributed by atoms with Crippen molar-refractivity contribution < 1.29 is 0 Å². The molecule has 0 saturated carbocycles. The fourth-order valence-electron chi connectivity index (χ4n) is 3.48. The number of hydrogen-bond acceptors (Lipinski definition) is 1. The van der Waals surface area contributed by atoms with Gasteiger partial charge in [0.1, 0.15) is 0 Å². The van der Waals surface area contributed by atoms with Crippen molar-refractivity contribution in [2.24, 2.45) is 0 Å². The summed E-state index contributed by atoms with van der Waals surface area (Å²) in [4.78, 5) is 0. The summed E-state index contributed by atoms with van der Waals surface area (Å²) in [5.41, 5.74) is 5.04. The van der Waals surface area contributed by atoms with Gasteiger partial charge in [0.05, 0.1) is 0 Å². The summed E-state index contributed by atoms with van der Waals surface area (Å²) < 4.78 is 3.82. The Balaban J connectivity index is 1.64. The summed E-state index contributed by atoms with van der Waals surface area (Å²) in [7, 11) is 0. The minimum absolute atomic E-state index is 1.11. The van der Waals surface area contributed by atoms with E-state index >= 15 is 0 Å². The average molecular weight is 415 g/mol. The molecule has 0 amide bonds. The van der Waals surface area contributed by atoms with E-state index in [0.717, 1.165) is 4.47 Å².